The van der Waals surface area contributed by atoms with Crippen LogP contribution in [0.4, 0.5) is 0 Å². The number of nitrogens with zero attached hydrogens (tertiary/aromatic N) is 2. The largest absolute Gasteiger partial charge is 0.454 e. The molecule has 1 atom stereocenters. The second-order valence-corrected chi connectivity index (χ2v) is 8.48. The van der Waals surface area contributed by atoms with Crippen molar-refractivity contribution in [2.75, 3.05) is 6.79 Å². The number of ketones is 1. The Balaban J connectivity index is 1.62. The molecule has 1 unspecified atom stereocenters. The van der Waals surface area contributed by atoms with Gasteiger partial charge in [-0.25, -0.2) is 0 Å². The van der Waals surface area contributed by atoms with Gasteiger partial charge < -0.3 is 19.8 Å². The quantitative estimate of drug-likeness (QED) is 0.387. The number of rotatable bonds is 5. The highest BCUT2D eigenvalue weighted by Gasteiger charge is 2.27. The van der Waals surface area contributed by atoms with Gasteiger partial charge in [0.05, 0.1) is 16.5 Å². The van der Waals surface area contributed by atoms with Crippen LogP contribution in [0.25, 0.3) is 21.7 Å². The minimum Gasteiger partial charge on any atom is -0.454 e. The maximum absolute atomic E-state index is 13.7. The second kappa shape index (κ2) is 8.35. The van der Waals surface area contributed by atoms with Crippen LogP contribution in [-0.2, 0) is 4.79 Å². The van der Waals surface area contributed by atoms with Crippen LogP contribution in [0, 0.1) is 0 Å². The van der Waals surface area contributed by atoms with E-state index in [4.69, 9.17) is 15.2 Å². The van der Waals surface area contributed by atoms with Crippen LogP contribution in [0.5, 0.6) is 11.5 Å². The van der Waals surface area contributed by atoms with Crippen LogP contribution in [0.1, 0.15) is 27.5 Å². The Hall–Kier alpha value is -4.98. The normalized spacial score (nSPS) is 13.1. The van der Waals surface area contributed by atoms with E-state index in [1.807, 2.05) is 30.3 Å². The topological polar surface area (TPSA) is 114 Å². The van der Waals surface area contributed by atoms with Crippen molar-refractivity contribution in [3.8, 4) is 11.5 Å². The number of pyridine rings is 2. The first-order chi connectivity index (χ1) is 17.5. The van der Waals surface area contributed by atoms with Crippen LogP contribution in [0.15, 0.2) is 90.1 Å². The van der Waals surface area contributed by atoms with Crippen molar-refractivity contribution in [2.24, 2.45) is 5.73 Å². The number of aromatic nitrogens is 2. The van der Waals surface area contributed by atoms with Crippen LogP contribution < -0.4 is 20.6 Å². The fourth-order valence-electron chi connectivity index (χ4n) is 4.60. The second-order valence-electron chi connectivity index (χ2n) is 8.48. The minimum atomic E-state index is -1.02. The van der Waals surface area contributed by atoms with E-state index in [9.17, 15) is 14.4 Å². The number of carbonyl (C=O) groups excluding carboxylic acids is 2. The first-order valence-electron chi connectivity index (χ1n) is 11.2. The minimum absolute atomic E-state index is 0.00454. The van der Waals surface area contributed by atoms with Crippen molar-refractivity contribution >= 4 is 33.4 Å². The summed E-state index contributed by atoms with van der Waals surface area (Å²) in [5.74, 6) is -0.319. The standard InChI is InChI=1S/C28H19N3O5/c29-28(34)25(19-6-3-9-30-13-19)31-14-21(26(32)18-8-7-16-4-1-2-5-17(16)10-18)27(33)20-11-23-24(12-22(20)31)36-15-35-23/h1-14,25H,15H2,(H2,29,34). The zero-order chi connectivity index (χ0) is 24.8. The smallest absolute Gasteiger partial charge is 0.245 e. The Morgan fingerprint density at radius 3 is 2.47 bits per heavy atom. The number of carbonyl (C=O) groups is 2. The molecule has 176 valence electrons. The molecule has 8 heteroatoms. The van der Waals surface area contributed by atoms with Crippen LogP contribution in [-0.4, -0.2) is 28.0 Å². The van der Waals surface area contributed by atoms with E-state index in [0.29, 0.717) is 28.1 Å². The zero-order valence-corrected chi connectivity index (χ0v) is 18.9. The lowest BCUT2D eigenvalue weighted by Gasteiger charge is -2.21. The molecule has 0 aliphatic carbocycles. The van der Waals surface area contributed by atoms with Crippen molar-refractivity contribution in [2.45, 2.75) is 6.04 Å². The number of nitrogens with two attached hydrogens (primary N) is 1. The van der Waals surface area contributed by atoms with Gasteiger partial charge >= 0.3 is 0 Å². The third-order valence-electron chi connectivity index (χ3n) is 6.33. The van der Waals surface area contributed by atoms with E-state index in [0.717, 1.165) is 10.8 Å². The van der Waals surface area contributed by atoms with Gasteiger partial charge in [-0.3, -0.25) is 19.4 Å². The van der Waals surface area contributed by atoms with Gasteiger partial charge in [0, 0.05) is 35.8 Å². The van der Waals surface area contributed by atoms with Gasteiger partial charge in [0.15, 0.2) is 17.3 Å². The van der Waals surface area contributed by atoms with E-state index in [1.165, 1.54) is 23.0 Å². The molecule has 3 aromatic carbocycles. The lowest BCUT2D eigenvalue weighted by molar-refractivity contribution is -0.120. The Bertz CT molecular complexity index is 1740. The maximum atomic E-state index is 13.7. The molecular formula is C28H19N3O5. The molecule has 1 aliphatic rings. The van der Waals surface area contributed by atoms with Gasteiger partial charge in [-0.15, -0.1) is 0 Å². The third kappa shape index (κ3) is 3.47. The molecule has 0 saturated heterocycles. The summed E-state index contributed by atoms with van der Waals surface area (Å²) in [5.41, 5.74) is 6.51. The average molecular weight is 477 g/mol. The van der Waals surface area contributed by atoms with Crippen LogP contribution in [0.3, 0.4) is 0 Å². The van der Waals surface area contributed by atoms with Gasteiger partial charge in [0.1, 0.15) is 6.04 Å². The van der Waals surface area contributed by atoms with Crippen LogP contribution >= 0.6 is 0 Å². The summed E-state index contributed by atoms with van der Waals surface area (Å²) in [6.45, 7) is 0.00454. The lowest BCUT2D eigenvalue weighted by Crippen LogP contribution is -2.30. The summed E-state index contributed by atoms with van der Waals surface area (Å²) >= 11 is 0. The van der Waals surface area contributed by atoms with E-state index < -0.39 is 23.2 Å². The SMILES string of the molecule is NC(=O)C(c1cccnc1)n1cc(C(=O)c2ccc3ccccc3c2)c(=O)c2cc3c(cc21)OCO3. The number of hydrogen-bond acceptors (Lipinski definition) is 6. The van der Waals surface area contributed by atoms with E-state index in [2.05, 4.69) is 4.98 Å². The van der Waals surface area contributed by atoms with Crippen molar-refractivity contribution in [1.82, 2.24) is 9.55 Å². The number of fused-ring (bicyclic) bond motifs is 3. The number of amides is 1. The van der Waals surface area contributed by atoms with Crippen LogP contribution in [0.2, 0.25) is 0 Å². The number of hydrogen-bond donors (Lipinski definition) is 1. The predicted molar refractivity (Wildman–Crippen MR) is 133 cm³/mol. The Morgan fingerprint density at radius 1 is 0.944 bits per heavy atom. The molecule has 6 rings (SSSR count). The molecule has 0 bridgehead atoms. The highest BCUT2D eigenvalue weighted by Crippen LogP contribution is 2.36. The molecule has 2 N–H and O–H groups in total. The highest BCUT2D eigenvalue weighted by molar-refractivity contribution is 6.12. The van der Waals surface area contributed by atoms with E-state index in [-0.39, 0.29) is 17.7 Å². The predicted octanol–water partition coefficient (Wildman–Crippen LogP) is 3.58. The molecule has 0 radical (unpaired) electrons. The summed E-state index contributed by atoms with van der Waals surface area (Å²) in [6.07, 6.45) is 4.50. The molecule has 0 saturated carbocycles. The molecule has 2 aromatic heterocycles. The van der Waals surface area contributed by atoms with Crippen molar-refractivity contribution in [3.05, 3.63) is 112 Å². The maximum Gasteiger partial charge on any atom is 0.245 e. The number of benzene rings is 3. The molecule has 0 fully saturated rings. The van der Waals surface area contributed by atoms with E-state index >= 15 is 0 Å². The molecule has 36 heavy (non-hydrogen) atoms. The Morgan fingerprint density at radius 2 is 1.72 bits per heavy atom. The number of primary amides is 1. The van der Waals surface area contributed by atoms with Gasteiger partial charge in [0.25, 0.3) is 0 Å². The molecule has 5 aromatic rings. The summed E-state index contributed by atoms with van der Waals surface area (Å²) in [4.78, 5) is 44.1. The molecule has 1 aliphatic heterocycles. The van der Waals surface area contributed by atoms with E-state index in [1.54, 1.807) is 36.5 Å². The average Bonchev–Trinajstić information content (AvgIpc) is 3.37. The molecule has 8 nitrogen and oxygen atoms in total. The monoisotopic (exact) mass is 477 g/mol. The summed E-state index contributed by atoms with van der Waals surface area (Å²) in [7, 11) is 0. The van der Waals surface area contributed by atoms with Gasteiger partial charge in [0.2, 0.25) is 18.1 Å². The Labute approximate surface area is 204 Å². The fraction of sp³-hybridized carbons (Fsp3) is 0.0714. The zero-order valence-electron chi connectivity index (χ0n) is 18.9. The van der Waals surface area contributed by atoms with Gasteiger partial charge in [-0.2, -0.15) is 0 Å². The number of ether oxygens (including phenoxy) is 2. The molecule has 3 heterocycles. The van der Waals surface area contributed by atoms with Gasteiger partial charge in [-0.1, -0.05) is 42.5 Å². The summed E-state index contributed by atoms with van der Waals surface area (Å²) < 4.78 is 12.5. The molecule has 0 spiro atoms. The first kappa shape index (κ1) is 21.5. The first-order valence-corrected chi connectivity index (χ1v) is 11.2. The van der Waals surface area contributed by atoms with Crippen molar-refractivity contribution in [3.63, 3.8) is 0 Å². The molecular weight excluding hydrogens is 458 g/mol. The summed E-state index contributed by atoms with van der Waals surface area (Å²) in [6, 6.07) is 18.4. The lowest BCUT2D eigenvalue weighted by atomic mass is 9.98. The fourth-order valence-corrected chi connectivity index (χ4v) is 4.60. The third-order valence-corrected chi connectivity index (χ3v) is 6.33. The van der Waals surface area contributed by atoms with Gasteiger partial charge in [-0.05, 0) is 29.0 Å². The molecule has 1 amide bonds. The van der Waals surface area contributed by atoms with Crippen molar-refractivity contribution in [1.29, 1.82) is 0 Å². The van der Waals surface area contributed by atoms with Crippen molar-refractivity contribution < 1.29 is 19.1 Å². The highest BCUT2D eigenvalue weighted by atomic mass is 16.7. The Kier molecular flexibility index (Phi) is 5.00. The summed E-state index contributed by atoms with van der Waals surface area (Å²) in [5, 5.41) is 2.06.